The molecule has 0 saturated heterocycles. The molecule has 4 nitrogen and oxygen atoms in total. The molecule has 2 heterocycles. The molecule has 0 bridgehead atoms. The molecule has 0 aromatic carbocycles. The van der Waals surface area contributed by atoms with Crippen LogP contribution in [0, 0.1) is 0 Å². The molecule has 2 aromatic rings. The Labute approximate surface area is 117 Å². The van der Waals surface area contributed by atoms with Gasteiger partial charge >= 0.3 is 5.97 Å². The molecule has 5 heteroatoms. The minimum Gasteiger partial charge on any atom is -0.466 e. The lowest BCUT2D eigenvalue weighted by Crippen LogP contribution is -2.08. The van der Waals surface area contributed by atoms with E-state index in [2.05, 4.69) is 22.5 Å². The van der Waals surface area contributed by atoms with Crippen LogP contribution in [-0.4, -0.2) is 22.1 Å². The molecule has 0 saturated carbocycles. The Morgan fingerprint density at radius 1 is 1.42 bits per heavy atom. The fourth-order valence-corrected chi connectivity index (χ4v) is 2.38. The number of ether oxygens (including phenoxy) is 1. The van der Waals surface area contributed by atoms with Crippen LogP contribution in [0.2, 0.25) is 5.15 Å². The number of carbonyl (C=O) groups excluding carboxylic acids is 1. The zero-order valence-corrected chi connectivity index (χ0v) is 11.9. The Kier molecular flexibility index (Phi) is 4.43. The second kappa shape index (κ2) is 6.06. The van der Waals surface area contributed by atoms with Gasteiger partial charge in [0.05, 0.1) is 18.5 Å². The van der Waals surface area contributed by atoms with Crippen LogP contribution in [0.25, 0.3) is 10.9 Å². The van der Waals surface area contributed by atoms with Crippen LogP contribution >= 0.6 is 11.6 Å². The summed E-state index contributed by atoms with van der Waals surface area (Å²) in [5, 5.41) is 1.53. The van der Waals surface area contributed by atoms with Gasteiger partial charge < -0.3 is 9.30 Å². The summed E-state index contributed by atoms with van der Waals surface area (Å²) in [4.78, 5) is 15.5. The summed E-state index contributed by atoms with van der Waals surface area (Å²) in [6.07, 6.45) is 2.82. The molecule has 0 aliphatic rings. The molecule has 0 atom stereocenters. The molecule has 0 aliphatic carbocycles. The van der Waals surface area contributed by atoms with Gasteiger partial charge in [0.25, 0.3) is 0 Å². The van der Waals surface area contributed by atoms with Gasteiger partial charge in [0.2, 0.25) is 0 Å². The fourth-order valence-electron chi connectivity index (χ4n) is 2.23. The Morgan fingerprint density at radius 3 is 2.89 bits per heavy atom. The van der Waals surface area contributed by atoms with Crippen molar-refractivity contribution < 1.29 is 9.53 Å². The number of pyridine rings is 1. The highest BCUT2D eigenvalue weighted by Crippen LogP contribution is 2.22. The van der Waals surface area contributed by atoms with Gasteiger partial charge in [-0.15, -0.1) is 0 Å². The number of hydrogen-bond donors (Lipinski definition) is 0. The third-order valence-corrected chi connectivity index (χ3v) is 3.25. The van der Waals surface area contributed by atoms with Crippen molar-refractivity contribution in [1.29, 1.82) is 0 Å². The van der Waals surface area contributed by atoms with Crippen LogP contribution < -0.4 is 0 Å². The van der Waals surface area contributed by atoms with E-state index in [4.69, 9.17) is 16.3 Å². The summed E-state index contributed by atoms with van der Waals surface area (Å²) in [6, 6.07) is 3.91. The van der Waals surface area contributed by atoms with Crippen molar-refractivity contribution in [3.63, 3.8) is 0 Å². The van der Waals surface area contributed by atoms with Crippen molar-refractivity contribution in [2.45, 2.75) is 33.2 Å². The monoisotopic (exact) mass is 280 g/mol. The van der Waals surface area contributed by atoms with E-state index in [1.165, 1.54) is 0 Å². The molecule has 0 spiro atoms. The number of carbonyl (C=O) groups is 1. The van der Waals surface area contributed by atoms with Gasteiger partial charge in [-0.25, -0.2) is 4.98 Å². The molecular weight excluding hydrogens is 264 g/mol. The van der Waals surface area contributed by atoms with Crippen LogP contribution in [0.4, 0.5) is 0 Å². The lowest BCUT2D eigenvalue weighted by atomic mass is 10.2. The molecular formula is C14H17ClN2O2. The van der Waals surface area contributed by atoms with Gasteiger partial charge in [0, 0.05) is 23.8 Å². The maximum atomic E-state index is 11.4. The first-order chi connectivity index (χ1) is 9.15. The molecule has 19 heavy (non-hydrogen) atoms. The first-order valence-corrected chi connectivity index (χ1v) is 6.82. The summed E-state index contributed by atoms with van der Waals surface area (Å²) in [5.41, 5.74) is 2.16. The van der Waals surface area contributed by atoms with Crippen molar-refractivity contribution in [3.8, 4) is 0 Å². The number of fused-ring (bicyclic) bond motifs is 1. The number of halogens is 1. The van der Waals surface area contributed by atoms with E-state index in [9.17, 15) is 4.79 Å². The minimum absolute atomic E-state index is 0.161. The Bertz CT molecular complexity index is 592. The largest absolute Gasteiger partial charge is 0.466 e. The van der Waals surface area contributed by atoms with Crippen molar-refractivity contribution in [2.24, 2.45) is 0 Å². The maximum Gasteiger partial charge on any atom is 0.306 e. The van der Waals surface area contributed by atoms with E-state index in [0.717, 1.165) is 23.1 Å². The highest BCUT2D eigenvalue weighted by Gasteiger charge is 2.10. The Balaban J connectivity index is 2.25. The number of esters is 1. The van der Waals surface area contributed by atoms with Gasteiger partial charge in [0.15, 0.2) is 0 Å². The van der Waals surface area contributed by atoms with E-state index in [0.29, 0.717) is 24.6 Å². The third-order valence-electron chi connectivity index (χ3n) is 3.04. The fraction of sp³-hybridized carbons (Fsp3) is 0.429. The quantitative estimate of drug-likeness (QED) is 0.624. The molecule has 0 fully saturated rings. The first-order valence-electron chi connectivity index (χ1n) is 6.45. The van der Waals surface area contributed by atoms with Gasteiger partial charge in [-0.3, -0.25) is 4.79 Å². The Hall–Kier alpha value is -1.55. The van der Waals surface area contributed by atoms with Crippen LogP contribution in [0.3, 0.4) is 0 Å². The minimum atomic E-state index is -0.161. The van der Waals surface area contributed by atoms with E-state index in [-0.39, 0.29) is 5.97 Å². The molecule has 2 rings (SSSR count). The summed E-state index contributed by atoms with van der Waals surface area (Å²) >= 11 is 5.93. The molecule has 0 radical (unpaired) electrons. The SMILES string of the molecule is CCOC(=O)CCc1cc2cnc(Cl)cc2n1CC. The summed E-state index contributed by atoms with van der Waals surface area (Å²) < 4.78 is 7.10. The van der Waals surface area contributed by atoms with E-state index >= 15 is 0 Å². The van der Waals surface area contributed by atoms with Crippen LogP contribution in [0.5, 0.6) is 0 Å². The number of aryl methyl sites for hydroxylation is 2. The predicted octanol–water partition coefficient (Wildman–Crippen LogP) is 3.21. The first kappa shape index (κ1) is 13.9. The smallest absolute Gasteiger partial charge is 0.306 e. The van der Waals surface area contributed by atoms with Crippen molar-refractivity contribution in [3.05, 3.63) is 29.2 Å². The summed E-state index contributed by atoms with van der Waals surface area (Å²) in [5.74, 6) is -0.161. The van der Waals surface area contributed by atoms with E-state index < -0.39 is 0 Å². The van der Waals surface area contributed by atoms with Crippen molar-refractivity contribution in [2.75, 3.05) is 6.61 Å². The van der Waals surface area contributed by atoms with Crippen LogP contribution in [0.15, 0.2) is 18.3 Å². The molecule has 0 amide bonds. The number of nitrogens with zero attached hydrogens (tertiary/aromatic N) is 2. The second-order valence-corrected chi connectivity index (χ2v) is 4.64. The highest BCUT2D eigenvalue weighted by molar-refractivity contribution is 6.30. The van der Waals surface area contributed by atoms with E-state index in [1.807, 2.05) is 13.0 Å². The van der Waals surface area contributed by atoms with E-state index in [1.54, 1.807) is 6.20 Å². The molecule has 0 unspecified atom stereocenters. The number of aromatic nitrogens is 2. The topological polar surface area (TPSA) is 44.1 Å². The molecule has 0 aliphatic heterocycles. The predicted molar refractivity (Wildman–Crippen MR) is 75.4 cm³/mol. The lowest BCUT2D eigenvalue weighted by Gasteiger charge is -2.07. The number of rotatable bonds is 5. The third kappa shape index (κ3) is 3.07. The average Bonchev–Trinajstić information content (AvgIpc) is 2.73. The van der Waals surface area contributed by atoms with Crippen molar-refractivity contribution >= 4 is 28.5 Å². The van der Waals surface area contributed by atoms with Gasteiger partial charge in [-0.05, 0) is 32.4 Å². The van der Waals surface area contributed by atoms with Gasteiger partial charge in [0.1, 0.15) is 5.15 Å². The molecule has 0 N–H and O–H groups in total. The standard InChI is InChI=1S/C14H17ClN2O2/c1-3-17-11(5-6-14(18)19-4-2)7-10-9-16-13(15)8-12(10)17/h7-9H,3-6H2,1-2H3. The van der Waals surface area contributed by atoms with Crippen LogP contribution in [-0.2, 0) is 22.5 Å². The lowest BCUT2D eigenvalue weighted by molar-refractivity contribution is -0.143. The highest BCUT2D eigenvalue weighted by atomic mass is 35.5. The van der Waals surface area contributed by atoms with Crippen LogP contribution in [0.1, 0.15) is 26.0 Å². The van der Waals surface area contributed by atoms with Crippen molar-refractivity contribution in [1.82, 2.24) is 9.55 Å². The molecule has 102 valence electrons. The zero-order valence-electron chi connectivity index (χ0n) is 11.1. The Morgan fingerprint density at radius 2 is 2.21 bits per heavy atom. The summed E-state index contributed by atoms with van der Waals surface area (Å²) in [7, 11) is 0. The number of hydrogen-bond acceptors (Lipinski definition) is 3. The van der Waals surface area contributed by atoms with Gasteiger partial charge in [-0.2, -0.15) is 0 Å². The maximum absolute atomic E-state index is 11.4. The summed E-state index contributed by atoms with van der Waals surface area (Å²) in [6.45, 7) is 5.15. The van der Waals surface area contributed by atoms with Gasteiger partial charge in [-0.1, -0.05) is 11.6 Å². The normalized spacial score (nSPS) is 10.9. The second-order valence-electron chi connectivity index (χ2n) is 4.25. The molecule has 2 aromatic heterocycles. The average molecular weight is 281 g/mol. The zero-order chi connectivity index (χ0) is 13.8.